The first kappa shape index (κ1) is 27.9. The highest BCUT2D eigenvalue weighted by atomic mass is 32.2. The Kier molecular flexibility index (Phi) is 7.80. The van der Waals surface area contributed by atoms with Gasteiger partial charge in [-0.1, -0.05) is 66.7 Å². The van der Waals surface area contributed by atoms with Crippen molar-refractivity contribution >= 4 is 27.6 Å². The lowest BCUT2D eigenvalue weighted by molar-refractivity contribution is -0.171. The summed E-state index contributed by atoms with van der Waals surface area (Å²) in [4.78, 5) is 24.5. The highest BCUT2D eigenvalue weighted by molar-refractivity contribution is 7.89. The molecule has 0 aliphatic heterocycles. The van der Waals surface area contributed by atoms with E-state index in [1.807, 2.05) is 0 Å². The van der Waals surface area contributed by atoms with Crippen LogP contribution in [0.3, 0.4) is 0 Å². The van der Waals surface area contributed by atoms with E-state index in [0.29, 0.717) is 5.56 Å². The van der Waals surface area contributed by atoms with Gasteiger partial charge in [0.1, 0.15) is 0 Å². The number of aliphatic carboxylic acids is 1. The summed E-state index contributed by atoms with van der Waals surface area (Å²) < 4.78 is 70.4. The maximum atomic E-state index is 13.7. The molecule has 37 heavy (non-hydrogen) atoms. The summed E-state index contributed by atoms with van der Waals surface area (Å²) in [6.45, 7) is 4.77. The third-order valence-corrected chi connectivity index (χ3v) is 6.92. The molecule has 0 fully saturated rings. The molecule has 1 atom stereocenters. The monoisotopic (exact) mass is 534 g/mol. The third-order valence-electron chi connectivity index (χ3n) is 5.13. The molecule has 11 heteroatoms. The molecular weight excluding hydrogens is 509 g/mol. The van der Waals surface area contributed by atoms with Gasteiger partial charge in [-0.25, -0.2) is 17.9 Å². The van der Waals surface area contributed by atoms with Gasteiger partial charge in [-0.05, 0) is 44.0 Å². The molecule has 0 saturated heterocycles. The van der Waals surface area contributed by atoms with Crippen molar-refractivity contribution in [3.8, 4) is 11.1 Å². The third kappa shape index (κ3) is 6.55. The largest absolute Gasteiger partial charge is 0.479 e. The number of benzene rings is 3. The van der Waals surface area contributed by atoms with Gasteiger partial charge in [0, 0.05) is 16.8 Å². The van der Waals surface area contributed by atoms with E-state index in [-0.39, 0.29) is 16.0 Å². The van der Waals surface area contributed by atoms with Crippen LogP contribution in [0.25, 0.3) is 11.1 Å². The van der Waals surface area contributed by atoms with E-state index >= 15 is 0 Å². The fourth-order valence-electron chi connectivity index (χ4n) is 3.76. The minimum atomic E-state index is -5.44. The normalized spacial score (nSPS) is 13.1. The van der Waals surface area contributed by atoms with Crippen molar-refractivity contribution in [3.05, 3.63) is 84.4 Å². The second-order valence-corrected chi connectivity index (χ2v) is 10.9. The topological polar surface area (TPSA) is 104 Å². The van der Waals surface area contributed by atoms with E-state index in [0.717, 1.165) is 12.1 Å². The van der Waals surface area contributed by atoms with Gasteiger partial charge in [0.2, 0.25) is 10.0 Å². The van der Waals surface area contributed by atoms with Gasteiger partial charge in [0.25, 0.3) is 0 Å². The Morgan fingerprint density at radius 2 is 1.43 bits per heavy atom. The van der Waals surface area contributed by atoms with E-state index in [4.69, 9.17) is 0 Å². The smallest absolute Gasteiger partial charge is 0.471 e. The molecule has 0 heterocycles. The van der Waals surface area contributed by atoms with Gasteiger partial charge >= 0.3 is 18.1 Å². The number of sulfonamides is 1. The lowest BCUT2D eigenvalue weighted by Gasteiger charge is -2.31. The summed E-state index contributed by atoms with van der Waals surface area (Å²) in [6.07, 6.45) is -5.44. The molecule has 7 nitrogen and oxygen atoms in total. The Morgan fingerprint density at radius 1 is 0.892 bits per heavy atom. The lowest BCUT2D eigenvalue weighted by Crippen LogP contribution is -2.46. The minimum absolute atomic E-state index is 0.0581. The van der Waals surface area contributed by atoms with Crippen molar-refractivity contribution in [2.24, 2.45) is 0 Å². The molecule has 0 aliphatic rings. The zero-order valence-electron chi connectivity index (χ0n) is 20.2. The number of amides is 1. The Bertz CT molecular complexity index is 1390. The van der Waals surface area contributed by atoms with Gasteiger partial charge < -0.3 is 5.11 Å². The average Bonchev–Trinajstić information content (AvgIpc) is 2.80. The number of rotatable bonds is 7. The van der Waals surface area contributed by atoms with Gasteiger partial charge in [0.05, 0.1) is 4.90 Å². The Hall–Kier alpha value is -3.70. The number of nitrogens with zero attached hydrogens (tertiary/aromatic N) is 1. The minimum Gasteiger partial charge on any atom is -0.479 e. The zero-order valence-corrected chi connectivity index (χ0v) is 21.0. The number of hydrogen-bond donors (Lipinski definition) is 2. The molecule has 196 valence electrons. The van der Waals surface area contributed by atoms with Crippen molar-refractivity contribution in [2.45, 2.75) is 43.4 Å². The summed E-state index contributed by atoms with van der Waals surface area (Å²) in [5.41, 5.74) is -0.982. The maximum absolute atomic E-state index is 13.7. The zero-order chi connectivity index (χ0) is 27.6. The van der Waals surface area contributed by atoms with Crippen LogP contribution in [0.2, 0.25) is 0 Å². The first-order valence-corrected chi connectivity index (χ1v) is 12.5. The number of halogens is 3. The van der Waals surface area contributed by atoms with Crippen LogP contribution in [0.5, 0.6) is 0 Å². The molecule has 3 aromatic carbocycles. The van der Waals surface area contributed by atoms with Crippen molar-refractivity contribution in [1.29, 1.82) is 0 Å². The molecule has 0 bridgehead atoms. The van der Waals surface area contributed by atoms with E-state index < -0.39 is 50.2 Å². The highest BCUT2D eigenvalue weighted by Crippen LogP contribution is 2.37. The Balaban J connectivity index is 2.33. The van der Waals surface area contributed by atoms with Crippen LogP contribution in [-0.2, 0) is 19.6 Å². The molecular formula is C26H25F3N2O5S. The van der Waals surface area contributed by atoms with E-state index in [9.17, 15) is 36.3 Å². The first-order chi connectivity index (χ1) is 17.1. The SMILES string of the molecule is CC(C)(C)NS(=O)(=O)c1cc(N(C(=O)C(F)(F)F)C(C(=O)O)c2ccccc2)ccc1-c1ccccc1. The van der Waals surface area contributed by atoms with Gasteiger partial charge in [-0.3, -0.25) is 9.69 Å². The number of carbonyl (C=O) groups excluding carboxylic acids is 1. The van der Waals surface area contributed by atoms with Crippen LogP contribution >= 0.6 is 0 Å². The Morgan fingerprint density at radius 3 is 1.92 bits per heavy atom. The van der Waals surface area contributed by atoms with Crippen LogP contribution in [-0.4, -0.2) is 37.1 Å². The molecule has 2 N–H and O–H groups in total. The number of carboxylic acids is 1. The number of alkyl halides is 3. The van der Waals surface area contributed by atoms with E-state index in [1.165, 1.54) is 36.4 Å². The van der Waals surface area contributed by atoms with Crippen molar-refractivity contribution < 1.29 is 36.3 Å². The molecule has 3 aromatic rings. The van der Waals surface area contributed by atoms with E-state index in [2.05, 4.69) is 4.72 Å². The molecule has 0 saturated carbocycles. The summed E-state index contributed by atoms with van der Waals surface area (Å²) in [7, 11) is -4.34. The van der Waals surface area contributed by atoms with Crippen molar-refractivity contribution in [2.75, 3.05) is 4.90 Å². The number of nitrogens with one attached hydrogen (secondary N) is 1. The van der Waals surface area contributed by atoms with Crippen LogP contribution < -0.4 is 9.62 Å². The average molecular weight is 535 g/mol. The summed E-state index contributed by atoms with van der Waals surface area (Å²) >= 11 is 0. The van der Waals surface area contributed by atoms with Gasteiger partial charge in [-0.15, -0.1) is 0 Å². The fraction of sp³-hybridized carbons (Fsp3) is 0.231. The van der Waals surface area contributed by atoms with Gasteiger partial charge in [0.15, 0.2) is 6.04 Å². The summed E-state index contributed by atoms with van der Waals surface area (Å²) in [6, 6.07) is 16.3. The van der Waals surface area contributed by atoms with E-state index in [1.54, 1.807) is 51.1 Å². The number of anilines is 1. The molecule has 0 spiro atoms. The molecule has 3 rings (SSSR count). The summed E-state index contributed by atoms with van der Waals surface area (Å²) in [5.74, 6) is -4.18. The summed E-state index contributed by atoms with van der Waals surface area (Å²) in [5, 5.41) is 9.90. The quantitative estimate of drug-likeness (QED) is 0.436. The lowest BCUT2D eigenvalue weighted by atomic mass is 10.0. The molecule has 0 radical (unpaired) electrons. The molecule has 0 aliphatic carbocycles. The second kappa shape index (κ2) is 10.3. The van der Waals surface area contributed by atoms with Crippen molar-refractivity contribution in [3.63, 3.8) is 0 Å². The molecule has 0 aromatic heterocycles. The van der Waals surface area contributed by atoms with Gasteiger partial charge in [-0.2, -0.15) is 13.2 Å². The molecule has 1 amide bonds. The van der Waals surface area contributed by atoms with Crippen LogP contribution in [0.1, 0.15) is 32.4 Å². The van der Waals surface area contributed by atoms with Crippen LogP contribution in [0.15, 0.2) is 83.8 Å². The number of carboxylic acid groups (broad SMARTS) is 1. The Labute approximate surface area is 212 Å². The van der Waals surface area contributed by atoms with Crippen LogP contribution in [0, 0.1) is 0 Å². The maximum Gasteiger partial charge on any atom is 0.471 e. The molecule has 1 unspecified atom stereocenters. The fourth-order valence-corrected chi connectivity index (χ4v) is 5.42. The predicted octanol–water partition coefficient (Wildman–Crippen LogP) is 5.15. The standard InChI is InChI=1S/C26H25F3N2O5S/c1-25(2,3)30-37(35,36)21-16-19(14-15-20(21)17-10-6-4-7-11-17)31(24(34)26(27,28)29)22(23(32)33)18-12-8-5-9-13-18/h4-16,22,30H,1-3H3,(H,32,33). The first-order valence-electron chi connectivity index (χ1n) is 11.0. The second-order valence-electron chi connectivity index (χ2n) is 9.23. The predicted molar refractivity (Wildman–Crippen MR) is 132 cm³/mol. The number of carbonyl (C=O) groups is 2. The van der Waals surface area contributed by atoms with Crippen LogP contribution in [0.4, 0.5) is 18.9 Å². The highest BCUT2D eigenvalue weighted by Gasteiger charge is 2.47. The number of hydrogen-bond acceptors (Lipinski definition) is 4. The van der Waals surface area contributed by atoms with Crippen molar-refractivity contribution in [1.82, 2.24) is 4.72 Å².